The zero-order valence-corrected chi connectivity index (χ0v) is 18.4. The van der Waals surface area contributed by atoms with Crippen LogP contribution in [0, 0.1) is 11.2 Å². The lowest BCUT2D eigenvalue weighted by atomic mass is 10.1. The number of rotatable bonds is 7. The second kappa shape index (κ2) is 9.60. The summed E-state index contributed by atoms with van der Waals surface area (Å²) in [5.41, 5.74) is 6.87. The Bertz CT molecular complexity index is 1240. The number of hydrogen-bond acceptors (Lipinski definition) is 6. The van der Waals surface area contributed by atoms with Crippen LogP contribution in [0.3, 0.4) is 0 Å². The Hall–Kier alpha value is -3.43. The molecule has 2 atom stereocenters. The molecule has 1 amide bonds. The van der Waals surface area contributed by atoms with Crippen LogP contribution in [0.4, 0.5) is 10.1 Å². The van der Waals surface area contributed by atoms with Gasteiger partial charge in [-0.15, -0.1) is 0 Å². The number of carbonyl (C=O) groups excluding carboxylic acids is 1. The van der Waals surface area contributed by atoms with Gasteiger partial charge in [0.05, 0.1) is 11.1 Å². The summed E-state index contributed by atoms with van der Waals surface area (Å²) in [4.78, 5) is 17.8. The lowest BCUT2D eigenvalue weighted by molar-refractivity contribution is -0.127. The number of nitrogen functional groups attached to an aromatic ring is 1. The standard InChI is InChI=1S/C23H23ClFN5O3/c1-2-20(31)30-7-6-14(11-30)33-21-8-15-17(9-18(23(26)27)29-19(15)12-32-21)28-10-13-4-3-5-16(24)22(13)25/h2-5,8-9,12,14,21,28H,1,6-7,10-11H2,(H3,26,27)/t14-,21?/m0/s1. The number of benzene rings is 1. The van der Waals surface area contributed by atoms with Crippen LogP contribution in [-0.2, 0) is 20.8 Å². The Morgan fingerprint density at radius 1 is 1.52 bits per heavy atom. The van der Waals surface area contributed by atoms with Gasteiger partial charge in [0, 0.05) is 36.1 Å². The van der Waals surface area contributed by atoms with Gasteiger partial charge < -0.3 is 25.4 Å². The zero-order chi connectivity index (χ0) is 23.5. The third kappa shape index (κ3) is 4.99. The largest absolute Gasteiger partial charge is 0.467 e. The van der Waals surface area contributed by atoms with E-state index < -0.39 is 12.1 Å². The number of nitrogens with two attached hydrogens (primary N) is 1. The van der Waals surface area contributed by atoms with Gasteiger partial charge in [-0.1, -0.05) is 30.3 Å². The summed E-state index contributed by atoms with van der Waals surface area (Å²) in [6.07, 6.45) is 4.27. The average molecular weight is 472 g/mol. The van der Waals surface area contributed by atoms with Crippen LogP contribution < -0.4 is 21.6 Å². The van der Waals surface area contributed by atoms with Gasteiger partial charge in [-0.2, -0.15) is 0 Å². The van der Waals surface area contributed by atoms with Crippen molar-refractivity contribution in [2.75, 3.05) is 18.4 Å². The Morgan fingerprint density at radius 3 is 3.09 bits per heavy atom. The van der Waals surface area contributed by atoms with E-state index in [1.165, 1.54) is 18.4 Å². The molecule has 2 aliphatic heterocycles. The number of ether oxygens (including phenoxy) is 2. The number of amides is 1. The van der Waals surface area contributed by atoms with Crippen LogP contribution in [-0.4, -0.2) is 47.1 Å². The van der Waals surface area contributed by atoms with Crippen molar-refractivity contribution in [1.82, 2.24) is 9.88 Å². The van der Waals surface area contributed by atoms with Crippen molar-refractivity contribution in [2.45, 2.75) is 25.4 Å². The van der Waals surface area contributed by atoms with Crippen molar-refractivity contribution in [3.63, 3.8) is 0 Å². The van der Waals surface area contributed by atoms with E-state index in [4.69, 9.17) is 32.2 Å². The number of nitrogens with zero attached hydrogens (tertiary/aromatic N) is 2. The van der Waals surface area contributed by atoms with Crippen LogP contribution in [0.15, 0.2) is 36.9 Å². The molecule has 8 nitrogen and oxygen atoms in total. The molecule has 0 saturated carbocycles. The third-order valence-electron chi connectivity index (χ3n) is 5.44. The van der Waals surface area contributed by atoms with Crippen LogP contribution in [0.2, 0.25) is 5.02 Å². The zero-order valence-electron chi connectivity index (χ0n) is 17.7. The number of carbonyl (C=O) groups is 1. The summed E-state index contributed by atoms with van der Waals surface area (Å²) in [6, 6.07) is 6.41. The first-order valence-electron chi connectivity index (χ1n) is 10.3. The molecule has 0 spiro atoms. The minimum absolute atomic E-state index is 0.0396. The van der Waals surface area contributed by atoms with E-state index in [-0.39, 0.29) is 35.1 Å². The maximum absolute atomic E-state index is 14.3. The fraction of sp³-hybridized carbons (Fsp3) is 0.261. The summed E-state index contributed by atoms with van der Waals surface area (Å²) in [7, 11) is 0. The number of pyridine rings is 1. The molecule has 0 bridgehead atoms. The first-order valence-corrected chi connectivity index (χ1v) is 10.7. The van der Waals surface area contributed by atoms with Gasteiger partial charge >= 0.3 is 0 Å². The Kier molecular flexibility index (Phi) is 6.62. The Morgan fingerprint density at radius 2 is 2.33 bits per heavy atom. The number of amidine groups is 1. The van der Waals surface area contributed by atoms with Crippen LogP contribution in [0.25, 0.3) is 12.3 Å². The smallest absolute Gasteiger partial charge is 0.246 e. The molecule has 4 N–H and O–H groups in total. The fourth-order valence-corrected chi connectivity index (χ4v) is 3.93. The topological polar surface area (TPSA) is 114 Å². The quantitative estimate of drug-likeness (QED) is 0.320. The number of aromatic nitrogens is 1. The predicted octanol–water partition coefficient (Wildman–Crippen LogP) is 1.45. The molecule has 1 aromatic carbocycles. The molecule has 33 heavy (non-hydrogen) atoms. The number of halogens is 2. The van der Waals surface area contributed by atoms with Crippen molar-refractivity contribution in [1.29, 1.82) is 5.41 Å². The van der Waals surface area contributed by atoms with Gasteiger partial charge in [0.2, 0.25) is 12.2 Å². The lowest BCUT2D eigenvalue weighted by Gasteiger charge is -2.22. The SMILES string of the molecule is C=CC(=O)N1CC[C@H](OC2C=c3c(NCc4cccc(Cl)c4F)cc(C(=N)N)nc3=CO2)C1. The van der Waals surface area contributed by atoms with Crippen molar-refractivity contribution < 1.29 is 18.7 Å². The van der Waals surface area contributed by atoms with Gasteiger partial charge in [-0.05, 0) is 30.7 Å². The molecule has 0 radical (unpaired) electrons. The van der Waals surface area contributed by atoms with Gasteiger partial charge in [-0.25, -0.2) is 9.37 Å². The van der Waals surface area contributed by atoms with E-state index in [9.17, 15) is 9.18 Å². The van der Waals surface area contributed by atoms with Gasteiger partial charge in [0.1, 0.15) is 29.0 Å². The number of likely N-dealkylation sites (tertiary alicyclic amines) is 1. The van der Waals surface area contributed by atoms with Crippen molar-refractivity contribution in [3.05, 3.63) is 69.6 Å². The fourth-order valence-electron chi connectivity index (χ4n) is 3.74. The molecule has 172 valence electrons. The van der Waals surface area contributed by atoms with Crippen LogP contribution in [0.5, 0.6) is 0 Å². The maximum atomic E-state index is 14.3. The summed E-state index contributed by atoms with van der Waals surface area (Å²) in [5, 5.41) is 12.1. The summed E-state index contributed by atoms with van der Waals surface area (Å²) in [5.74, 6) is -0.840. The van der Waals surface area contributed by atoms with E-state index in [1.54, 1.807) is 29.2 Å². The monoisotopic (exact) mass is 471 g/mol. The second-order valence-electron chi connectivity index (χ2n) is 7.66. The normalized spacial score (nSPS) is 19.0. The highest BCUT2D eigenvalue weighted by atomic mass is 35.5. The van der Waals surface area contributed by atoms with Gasteiger partial charge in [0.15, 0.2) is 0 Å². The van der Waals surface area contributed by atoms with Crippen LogP contribution in [0.1, 0.15) is 17.7 Å². The first kappa shape index (κ1) is 22.8. The van der Waals surface area contributed by atoms with Crippen molar-refractivity contribution >= 4 is 41.4 Å². The molecule has 2 aromatic rings. The second-order valence-corrected chi connectivity index (χ2v) is 8.07. The highest BCUT2D eigenvalue weighted by Gasteiger charge is 2.28. The molecular formula is C23H23ClFN5O3. The molecule has 3 heterocycles. The average Bonchev–Trinajstić information content (AvgIpc) is 3.27. The van der Waals surface area contributed by atoms with E-state index in [0.717, 1.165) is 0 Å². The first-order chi connectivity index (χ1) is 15.9. The molecule has 1 saturated heterocycles. The maximum Gasteiger partial charge on any atom is 0.246 e. The predicted molar refractivity (Wildman–Crippen MR) is 123 cm³/mol. The van der Waals surface area contributed by atoms with Gasteiger partial charge in [0.25, 0.3) is 0 Å². The van der Waals surface area contributed by atoms with Gasteiger partial charge in [-0.3, -0.25) is 10.2 Å². The van der Waals surface area contributed by atoms with E-state index in [1.807, 2.05) is 0 Å². The molecule has 1 aromatic heterocycles. The molecule has 10 heteroatoms. The highest BCUT2D eigenvalue weighted by Crippen LogP contribution is 2.19. The minimum atomic E-state index is -0.699. The summed E-state index contributed by atoms with van der Waals surface area (Å²) >= 11 is 5.89. The number of hydrogen-bond donors (Lipinski definition) is 3. The lowest BCUT2D eigenvalue weighted by Crippen LogP contribution is -2.40. The Labute approximate surface area is 194 Å². The van der Waals surface area contributed by atoms with Crippen molar-refractivity contribution in [3.8, 4) is 0 Å². The van der Waals surface area contributed by atoms with E-state index >= 15 is 0 Å². The van der Waals surface area contributed by atoms with E-state index in [0.29, 0.717) is 41.3 Å². The number of anilines is 1. The number of nitrogens with one attached hydrogen (secondary N) is 2. The third-order valence-corrected chi connectivity index (χ3v) is 5.73. The molecule has 4 rings (SSSR count). The number of fused-ring (bicyclic) bond motifs is 1. The summed E-state index contributed by atoms with van der Waals surface area (Å²) in [6.45, 7) is 4.71. The Balaban J connectivity index is 1.58. The minimum Gasteiger partial charge on any atom is -0.467 e. The van der Waals surface area contributed by atoms with E-state index in [2.05, 4.69) is 16.9 Å². The molecule has 0 aliphatic carbocycles. The van der Waals surface area contributed by atoms with Crippen molar-refractivity contribution in [2.24, 2.45) is 5.73 Å². The molecule has 1 unspecified atom stereocenters. The molecule has 1 fully saturated rings. The highest BCUT2D eigenvalue weighted by molar-refractivity contribution is 6.30. The molecule has 2 aliphatic rings. The molecular weight excluding hydrogens is 449 g/mol. The summed E-state index contributed by atoms with van der Waals surface area (Å²) < 4.78 is 26.0. The van der Waals surface area contributed by atoms with Crippen LogP contribution >= 0.6 is 11.6 Å².